The second-order valence-electron chi connectivity index (χ2n) is 3.90. The first kappa shape index (κ1) is 12.5. The number of aromatic nitrogens is 2. The fraction of sp³-hybridized carbons (Fsp3) is 0.500. The number of rotatable bonds is 5. The van der Waals surface area contributed by atoms with Gasteiger partial charge in [0.1, 0.15) is 0 Å². The zero-order valence-electron chi connectivity index (χ0n) is 10.1. The van der Waals surface area contributed by atoms with Gasteiger partial charge in [0, 0.05) is 24.0 Å². The molecule has 16 heavy (non-hydrogen) atoms. The minimum atomic E-state index is 0.00139. The minimum Gasteiger partial charge on any atom is -0.348 e. The van der Waals surface area contributed by atoms with Gasteiger partial charge >= 0.3 is 0 Å². The highest BCUT2D eigenvalue weighted by molar-refractivity contribution is 5.92. The number of hydrogen-bond donors (Lipinski definition) is 1. The van der Waals surface area contributed by atoms with Crippen LogP contribution in [-0.4, -0.2) is 21.7 Å². The molecule has 0 unspecified atom stereocenters. The fourth-order valence-corrected chi connectivity index (χ4v) is 1.47. The SMILES string of the molecule is CC/C=C(\C)C(=O)N[C@@H](C)Cn1cccn1. The average molecular weight is 221 g/mol. The third-order valence-electron chi connectivity index (χ3n) is 2.27. The van der Waals surface area contributed by atoms with Crippen LogP contribution >= 0.6 is 0 Å². The van der Waals surface area contributed by atoms with Crippen LogP contribution in [0, 0.1) is 0 Å². The Morgan fingerprint density at radius 3 is 2.94 bits per heavy atom. The van der Waals surface area contributed by atoms with E-state index in [1.807, 2.05) is 43.8 Å². The van der Waals surface area contributed by atoms with Crippen LogP contribution in [0.5, 0.6) is 0 Å². The van der Waals surface area contributed by atoms with Crippen molar-refractivity contribution in [2.75, 3.05) is 0 Å². The molecule has 0 aliphatic rings. The summed E-state index contributed by atoms with van der Waals surface area (Å²) < 4.78 is 1.81. The summed E-state index contributed by atoms with van der Waals surface area (Å²) in [4.78, 5) is 11.7. The zero-order valence-corrected chi connectivity index (χ0v) is 10.1. The van der Waals surface area contributed by atoms with Crippen molar-refractivity contribution in [1.29, 1.82) is 0 Å². The Labute approximate surface area is 96.3 Å². The van der Waals surface area contributed by atoms with Gasteiger partial charge in [0.05, 0.1) is 6.54 Å². The average Bonchev–Trinajstić information content (AvgIpc) is 2.70. The third kappa shape index (κ3) is 3.88. The van der Waals surface area contributed by atoms with Crippen LogP contribution < -0.4 is 5.32 Å². The van der Waals surface area contributed by atoms with Gasteiger partial charge in [-0.1, -0.05) is 13.0 Å². The molecule has 1 atom stereocenters. The van der Waals surface area contributed by atoms with Crippen molar-refractivity contribution in [2.24, 2.45) is 0 Å². The Morgan fingerprint density at radius 2 is 2.38 bits per heavy atom. The van der Waals surface area contributed by atoms with Gasteiger partial charge in [-0.2, -0.15) is 5.10 Å². The summed E-state index contributed by atoms with van der Waals surface area (Å²) in [6.07, 6.45) is 6.43. The highest BCUT2D eigenvalue weighted by atomic mass is 16.1. The highest BCUT2D eigenvalue weighted by Gasteiger charge is 2.08. The van der Waals surface area contributed by atoms with E-state index in [0.29, 0.717) is 6.54 Å². The van der Waals surface area contributed by atoms with Gasteiger partial charge in [0.15, 0.2) is 0 Å². The van der Waals surface area contributed by atoms with Crippen LogP contribution in [0.4, 0.5) is 0 Å². The van der Waals surface area contributed by atoms with Crippen LogP contribution in [0.25, 0.3) is 0 Å². The molecule has 1 rings (SSSR count). The Morgan fingerprint density at radius 1 is 1.62 bits per heavy atom. The van der Waals surface area contributed by atoms with E-state index in [-0.39, 0.29) is 11.9 Å². The molecule has 0 bridgehead atoms. The Kier molecular flexibility index (Phi) is 4.76. The third-order valence-corrected chi connectivity index (χ3v) is 2.27. The molecular formula is C12H19N3O. The molecule has 0 aliphatic heterocycles. The summed E-state index contributed by atoms with van der Waals surface area (Å²) in [6.45, 7) is 6.51. The molecule has 0 aromatic carbocycles. The summed E-state index contributed by atoms with van der Waals surface area (Å²) >= 11 is 0. The van der Waals surface area contributed by atoms with Crippen LogP contribution in [0.1, 0.15) is 27.2 Å². The first-order chi connectivity index (χ1) is 7.63. The van der Waals surface area contributed by atoms with Gasteiger partial charge in [-0.3, -0.25) is 9.48 Å². The van der Waals surface area contributed by atoms with Crippen LogP contribution in [-0.2, 0) is 11.3 Å². The van der Waals surface area contributed by atoms with Crippen LogP contribution in [0.3, 0.4) is 0 Å². The molecule has 0 fully saturated rings. The van der Waals surface area contributed by atoms with E-state index < -0.39 is 0 Å². The smallest absolute Gasteiger partial charge is 0.246 e. The van der Waals surface area contributed by atoms with Gasteiger partial charge < -0.3 is 5.32 Å². The molecule has 1 aromatic heterocycles. The normalized spacial score (nSPS) is 13.6. The molecule has 1 N–H and O–H groups in total. The van der Waals surface area contributed by atoms with E-state index in [4.69, 9.17) is 0 Å². The Balaban J connectivity index is 2.42. The number of amides is 1. The predicted octanol–water partition coefficient (Wildman–Crippen LogP) is 1.74. The topological polar surface area (TPSA) is 46.9 Å². The van der Waals surface area contributed by atoms with E-state index in [2.05, 4.69) is 10.4 Å². The van der Waals surface area contributed by atoms with Crippen molar-refractivity contribution < 1.29 is 4.79 Å². The first-order valence-corrected chi connectivity index (χ1v) is 5.58. The van der Waals surface area contributed by atoms with Crippen molar-refractivity contribution in [3.8, 4) is 0 Å². The van der Waals surface area contributed by atoms with Gasteiger partial charge in [-0.25, -0.2) is 0 Å². The lowest BCUT2D eigenvalue weighted by Gasteiger charge is -2.14. The minimum absolute atomic E-state index is 0.00139. The number of nitrogens with one attached hydrogen (secondary N) is 1. The number of carbonyl (C=O) groups is 1. The number of nitrogens with zero attached hydrogens (tertiary/aromatic N) is 2. The van der Waals surface area contributed by atoms with Gasteiger partial charge in [0.25, 0.3) is 0 Å². The van der Waals surface area contributed by atoms with E-state index in [0.717, 1.165) is 12.0 Å². The standard InChI is InChI=1S/C12H19N3O/c1-4-6-10(2)12(16)14-11(3)9-15-8-5-7-13-15/h5-8,11H,4,9H2,1-3H3,(H,14,16)/b10-6+/t11-/m0/s1. The maximum atomic E-state index is 11.7. The molecule has 0 saturated heterocycles. The summed E-state index contributed by atoms with van der Waals surface area (Å²) in [7, 11) is 0. The van der Waals surface area contributed by atoms with Gasteiger partial charge in [-0.05, 0) is 26.3 Å². The quantitative estimate of drug-likeness (QED) is 0.770. The molecule has 1 amide bonds. The Hall–Kier alpha value is -1.58. The van der Waals surface area contributed by atoms with Gasteiger partial charge in [-0.15, -0.1) is 0 Å². The van der Waals surface area contributed by atoms with Crippen molar-refractivity contribution in [1.82, 2.24) is 15.1 Å². The second-order valence-corrected chi connectivity index (χ2v) is 3.90. The molecule has 88 valence electrons. The lowest BCUT2D eigenvalue weighted by atomic mass is 10.2. The molecule has 4 heteroatoms. The molecule has 0 spiro atoms. The Bertz CT molecular complexity index is 354. The summed E-state index contributed by atoms with van der Waals surface area (Å²) in [5, 5.41) is 7.03. The van der Waals surface area contributed by atoms with E-state index >= 15 is 0 Å². The van der Waals surface area contributed by atoms with Crippen molar-refractivity contribution in [2.45, 2.75) is 39.8 Å². The first-order valence-electron chi connectivity index (χ1n) is 5.58. The van der Waals surface area contributed by atoms with E-state index in [1.165, 1.54) is 0 Å². The van der Waals surface area contributed by atoms with E-state index in [1.54, 1.807) is 6.20 Å². The summed E-state index contributed by atoms with van der Waals surface area (Å²) in [6, 6.07) is 1.95. The summed E-state index contributed by atoms with van der Waals surface area (Å²) in [5.74, 6) is 0.00139. The molecular weight excluding hydrogens is 202 g/mol. The number of hydrogen-bond acceptors (Lipinski definition) is 2. The van der Waals surface area contributed by atoms with Crippen LogP contribution in [0.2, 0.25) is 0 Å². The molecule has 0 radical (unpaired) electrons. The molecule has 4 nitrogen and oxygen atoms in total. The maximum Gasteiger partial charge on any atom is 0.246 e. The van der Waals surface area contributed by atoms with Crippen molar-refractivity contribution in [3.63, 3.8) is 0 Å². The zero-order chi connectivity index (χ0) is 12.0. The fourth-order valence-electron chi connectivity index (χ4n) is 1.47. The lowest BCUT2D eigenvalue weighted by molar-refractivity contribution is -0.118. The number of allylic oxidation sites excluding steroid dienone is 1. The lowest BCUT2D eigenvalue weighted by Crippen LogP contribution is -2.36. The van der Waals surface area contributed by atoms with Crippen molar-refractivity contribution in [3.05, 3.63) is 30.1 Å². The monoisotopic (exact) mass is 221 g/mol. The molecule has 0 saturated carbocycles. The highest BCUT2D eigenvalue weighted by Crippen LogP contribution is 1.97. The largest absolute Gasteiger partial charge is 0.348 e. The molecule has 1 heterocycles. The van der Waals surface area contributed by atoms with Gasteiger partial charge in [0.2, 0.25) is 5.91 Å². The predicted molar refractivity (Wildman–Crippen MR) is 63.9 cm³/mol. The van der Waals surface area contributed by atoms with Crippen LogP contribution in [0.15, 0.2) is 30.1 Å². The second kappa shape index (κ2) is 6.10. The van der Waals surface area contributed by atoms with E-state index in [9.17, 15) is 4.79 Å². The van der Waals surface area contributed by atoms with Crippen molar-refractivity contribution >= 4 is 5.91 Å². The molecule has 0 aliphatic carbocycles. The maximum absolute atomic E-state index is 11.7. The summed E-state index contributed by atoms with van der Waals surface area (Å²) in [5.41, 5.74) is 0.773. The number of carbonyl (C=O) groups excluding carboxylic acids is 1. The molecule has 1 aromatic rings.